The summed E-state index contributed by atoms with van der Waals surface area (Å²) >= 11 is 0. The van der Waals surface area contributed by atoms with E-state index >= 15 is 0 Å². The third-order valence-electron chi connectivity index (χ3n) is 0.611. The minimum Gasteiger partial charge on any atom is -0.468 e. The zero-order valence-electron chi connectivity index (χ0n) is 6.02. The first-order valence-electron chi connectivity index (χ1n) is 2.77. The van der Waals surface area contributed by atoms with E-state index in [2.05, 4.69) is 22.5 Å². The molecule has 0 radical (unpaired) electrons. The normalized spacial score (nSPS) is 7.00. The number of ether oxygens (including phenoxy) is 1. The largest absolute Gasteiger partial charge is 0.468 e. The van der Waals surface area contributed by atoms with Gasteiger partial charge in [0.15, 0.2) is 0 Å². The Hall–Kier alpha value is -1.41. The van der Waals surface area contributed by atoms with E-state index in [1.807, 2.05) is 6.40 Å². The minimum absolute atomic E-state index is 0.0329. The monoisotopic (exact) mass is 123 g/mol. The number of terminal acetylenes is 1. The van der Waals surface area contributed by atoms with Crippen LogP contribution in [0.4, 0.5) is 0 Å². The van der Waals surface area contributed by atoms with Crippen LogP contribution in [0.5, 0.6) is 0 Å². The summed E-state index contributed by atoms with van der Waals surface area (Å²) in [4.78, 5) is 10.4. The maximum Gasteiger partial charge on any atom is 0.317 e. The molecule has 0 spiro atoms. The Bertz CT molecular complexity index is 223. The average molecular weight is 123 g/mol. The maximum absolute atomic E-state index is 10.4. The molecule has 0 heterocycles. The third kappa shape index (κ3) is 4.44. The van der Waals surface area contributed by atoms with E-state index in [1.165, 1.54) is 7.11 Å². The van der Waals surface area contributed by atoms with Crippen LogP contribution in [0.25, 0.3) is 0 Å². The zero-order valence-corrected chi connectivity index (χ0v) is 5.02. The van der Waals surface area contributed by atoms with Crippen molar-refractivity contribution in [3.63, 3.8) is 0 Å². The third-order valence-corrected chi connectivity index (χ3v) is 0.611. The van der Waals surface area contributed by atoms with Crippen LogP contribution in [0.3, 0.4) is 0 Å². The van der Waals surface area contributed by atoms with Crippen molar-refractivity contribution in [2.45, 2.75) is 6.42 Å². The van der Waals surface area contributed by atoms with Crippen molar-refractivity contribution < 1.29 is 10.9 Å². The Morgan fingerprint density at radius 3 is 3.33 bits per heavy atom. The van der Waals surface area contributed by atoms with E-state index in [4.69, 9.17) is 1.37 Å². The Morgan fingerprint density at radius 1 is 2.00 bits per heavy atom. The molecule has 2 heteroatoms. The molecule has 9 heavy (non-hydrogen) atoms. The first kappa shape index (κ1) is 5.72. The smallest absolute Gasteiger partial charge is 0.317 e. The second kappa shape index (κ2) is 4.74. The number of hydrogen-bond acceptors (Lipinski definition) is 2. The minimum atomic E-state index is -0.390. The molecule has 0 aliphatic heterocycles. The van der Waals surface area contributed by atoms with Gasteiger partial charge in [0.25, 0.3) is 0 Å². The van der Waals surface area contributed by atoms with Crippen LogP contribution in [-0.2, 0) is 9.53 Å². The summed E-state index contributed by atoms with van der Waals surface area (Å²) in [6.07, 6.45) is 1.87. The van der Waals surface area contributed by atoms with Gasteiger partial charge in [0.2, 0.25) is 0 Å². The number of methoxy groups -OCH3 is 1. The van der Waals surface area contributed by atoms with Crippen molar-refractivity contribution >= 4 is 5.97 Å². The summed E-state index contributed by atoms with van der Waals surface area (Å²) in [5, 5.41) is 0. The molecule has 0 aliphatic carbocycles. The van der Waals surface area contributed by atoms with Gasteiger partial charge in [-0.2, -0.15) is 0 Å². The Morgan fingerprint density at radius 2 is 2.78 bits per heavy atom. The molecule has 0 N–H and O–H groups in total. The lowest BCUT2D eigenvalue weighted by molar-refractivity contribution is -0.139. The molecule has 0 fully saturated rings. The van der Waals surface area contributed by atoms with Crippen molar-refractivity contribution in [3.05, 3.63) is 0 Å². The van der Waals surface area contributed by atoms with Gasteiger partial charge in [-0.05, 0) is 11.8 Å². The predicted molar refractivity (Wildman–Crippen MR) is 33.2 cm³/mol. The van der Waals surface area contributed by atoms with Crippen LogP contribution < -0.4 is 0 Å². The van der Waals surface area contributed by atoms with E-state index in [0.717, 1.165) is 0 Å². The number of carbonyl (C=O) groups excluding carboxylic acids is 1. The van der Waals surface area contributed by atoms with E-state index in [1.54, 1.807) is 0 Å². The van der Waals surface area contributed by atoms with Crippen molar-refractivity contribution in [2.75, 3.05) is 7.11 Å². The average Bonchev–Trinajstić information content (AvgIpc) is 1.98. The SMILES string of the molecule is [2H]C#CC#CCC(=O)OC. The molecule has 0 unspecified atom stereocenters. The molecule has 0 saturated carbocycles. The van der Waals surface area contributed by atoms with Gasteiger partial charge in [0.1, 0.15) is 7.79 Å². The van der Waals surface area contributed by atoms with Gasteiger partial charge < -0.3 is 4.74 Å². The molecule has 0 saturated heterocycles. The van der Waals surface area contributed by atoms with E-state index < -0.39 is 0 Å². The van der Waals surface area contributed by atoms with Gasteiger partial charge >= 0.3 is 5.97 Å². The Kier molecular flexibility index (Phi) is 3.01. The fourth-order valence-corrected chi connectivity index (χ4v) is 0.233. The van der Waals surface area contributed by atoms with Crippen LogP contribution in [0, 0.1) is 24.2 Å². The molecular formula is C7H6O2. The standard InChI is InChI=1S/C7H6O2/c1-3-4-5-6-7(8)9-2/h1H,6H2,2H3/i1D. The number of hydrogen-bond donors (Lipinski definition) is 0. The highest BCUT2D eigenvalue weighted by Gasteiger charge is 1.91. The number of carbonyl (C=O) groups is 1. The number of rotatable bonds is 1. The molecular weight excluding hydrogens is 116 g/mol. The van der Waals surface area contributed by atoms with Crippen LogP contribution in [0.15, 0.2) is 0 Å². The fourth-order valence-electron chi connectivity index (χ4n) is 0.233. The topological polar surface area (TPSA) is 26.3 Å². The molecule has 0 bridgehead atoms. The van der Waals surface area contributed by atoms with Crippen LogP contribution in [0.2, 0.25) is 0 Å². The van der Waals surface area contributed by atoms with Gasteiger partial charge in [-0.25, -0.2) is 0 Å². The lowest BCUT2D eigenvalue weighted by Gasteiger charge is -1.87. The second-order valence-corrected chi connectivity index (χ2v) is 1.18. The first-order valence-corrected chi connectivity index (χ1v) is 2.27. The van der Waals surface area contributed by atoms with Gasteiger partial charge in [0, 0.05) is 0 Å². The molecule has 0 atom stereocenters. The van der Waals surface area contributed by atoms with E-state index in [9.17, 15) is 4.79 Å². The van der Waals surface area contributed by atoms with Crippen molar-refractivity contribution in [3.8, 4) is 24.2 Å². The first-order chi connectivity index (χ1) is 4.81. The molecule has 0 rings (SSSR count). The lowest BCUT2D eigenvalue weighted by Crippen LogP contribution is -1.96. The van der Waals surface area contributed by atoms with Crippen LogP contribution >= 0.6 is 0 Å². The molecule has 0 aromatic rings. The van der Waals surface area contributed by atoms with Gasteiger partial charge in [0.05, 0.1) is 7.11 Å². The predicted octanol–water partition coefficient (Wildman–Crippen LogP) is 0.186. The van der Waals surface area contributed by atoms with Gasteiger partial charge in [-0.1, -0.05) is 5.92 Å². The summed E-state index contributed by atoms with van der Waals surface area (Å²) in [7, 11) is 1.29. The van der Waals surface area contributed by atoms with Crippen molar-refractivity contribution in [1.29, 1.82) is 0 Å². The molecule has 2 nitrogen and oxygen atoms in total. The lowest BCUT2D eigenvalue weighted by atomic mass is 10.4. The summed E-state index contributed by atoms with van der Waals surface area (Å²) in [6.45, 7) is 0. The zero-order chi connectivity index (χ0) is 7.82. The molecule has 0 aromatic heterocycles. The fraction of sp³-hybridized carbons (Fsp3) is 0.286. The Balaban J connectivity index is 3.62. The Labute approximate surface area is 55.6 Å². The second-order valence-electron chi connectivity index (χ2n) is 1.18. The summed E-state index contributed by atoms with van der Waals surface area (Å²) in [6, 6.07) is 0. The molecule has 46 valence electrons. The van der Waals surface area contributed by atoms with Crippen molar-refractivity contribution in [1.82, 2.24) is 0 Å². The maximum atomic E-state index is 10.4. The highest BCUT2D eigenvalue weighted by atomic mass is 16.5. The van der Waals surface area contributed by atoms with Gasteiger partial charge in [-0.3, -0.25) is 4.79 Å². The molecule has 0 aromatic carbocycles. The van der Waals surface area contributed by atoms with E-state index in [-0.39, 0.29) is 12.4 Å². The van der Waals surface area contributed by atoms with Crippen molar-refractivity contribution in [2.24, 2.45) is 0 Å². The van der Waals surface area contributed by atoms with Crippen LogP contribution in [0.1, 0.15) is 7.79 Å². The quantitative estimate of drug-likeness (QED) is 0.367. The molecule has 0 amide bonds. The summed E-state index contributed by atoms with van der Waals surface area (Å²) < 4.78 is 10.6. The summed E-state index contributed by atoms with van der Waals surface area (Å²) in [5.74, 6) is 6.51. The molecule has 0 aliphatic rings. The van der Waals surface area contributed by atoms with Crippen LogP contribution in [-0.4, -0.2) is 13.1 Å². The van der Waals surface area contributed by atoms with E-state index in [0.29, 0.717) is 0 Å². The highest BCUT2D eigenvalue weighted by Crippen LogP contribution is 1.78. The number of esters is 1. The highest BCUT2D eigenvalue weighted by molar-refractivity contribution is 5.72. The summed E-state index contributed by atoms with van der Waals surface area (Å²) in [5.41, 5.74) is 0. The van der Waals surface area contributed by atoms with Gasteiger partial charge in [-0.15, -0.1) is 6.40 Å².